The van der Waals surface area contributed by atoms with E-state index in [4.69, 9.17) is 4.42 Å². The van der Waals surface area contributed by atoms with Crippen LogP contribution in [0.3, 0.4) is 0 Å². The van der Waals surface area contributed by atoms with E-state index in [0.717, 1.165) is 12.2 Å². The predicted molar refractivity (Wildman–Crippen MR) is 127 cm³/mol. The number of amides is 1. The fraction of sp³-hybridized carbons (Fsp3) is 0.250. The minimum atomic E-state index is -4.02. The molecule has 2 atom stereocenters. The summed E-state index contributed by atoms with van der Waals surface area (Å²) in [6, 6.07) is 14.5. The van der Waals surface area contributed by atoms with Crippen LogP contribution >= 0.6 is 0 Å². The van der Waals surface area contributed by atoms with Gasteiger partial charge in [-0.25, -0.2) is 13.2 Å². The molecule has 4 aromatic rings. The van der Waals surface area contributed by atoms with Crippen molar-refractivity contribution in [3.63, 3.8) is 0 Å². The second-order valence-corrected chi connectivity index (χ2v) is 10.4. The number of H-pyrrole nitrogens is 2. The number of furan rings is 1. The zero-order chi connectivity index (χ0) is 24.0. The molecule has 2 aromatic heterocycles. The summed E-state index contributed by atoms with van der Waals surface area (Å²) >= 11 is 0. The molecule has 10 heteroatoms. The van der Waals surface area contributed by atoms with Crippen LogP contribution in [0.25, 0.3) is 11.0 Å². The molecule has 1 fully saturated rings. The van der Waals surface area contributed by atoms with Crippen LogP contribution in [-0.2, 0) is 16.6 Å². The number of nitrogens with one attached hydrogen (secondary N) is 3. The third kappa shape index (κ3) is 4.24. The number of carbonyl (C=O) groups excluding carboxylic acids is 1. The van der Waals surface area contributed by atoms with E-state index in [0.29, 0.717) is 28.6 Å². The van der Waals surface area contributed by atoms with Crippen molar-refractivity contribution in [1.82, 2.24) is 14.9 Å². The minimum absolute atomic E-state index is 0.0386. The fourth-order valence-electron chi connectivity index (χ4n) is 4.05. The molecule has 176 valence electrons. The summed E-state index contributed by atoms with van der Waals surface area (Å²) in [5.41, 5.74) is 0.821. The average Bonchev–Trinajstić information content (AvgIpc) is 3.17. The molecule has 3 N–H and O–H groups in total. The quantitative estimate of drug-likeness (QED) is 0.372. The molecule has 1 saturated carbocycles. The lowest BCUT2D eigenvalue weighted by atomic mass is 10.1. The zero-order valence-electron chi connectivity index (χ0n) is 18.7. The summed E-state index contributed by atoms with van der Waals surface area (Å²) in [5.74, 6) is 2.35. The number of hydrogen-bond acceptors (Lipinski definition) is 5. The number of hydrogen-bond donors (Lipinski definition) is 3. The molecule has 2 heterocycles. The summed E-state index contributed by atoms with van der Waals surface area (Å²) in [6.07, 6.45) is 1.11. The largest absolute Gasteiger partial charge is 0.464 e. The first-order chi connectivity index (χ1) is 16.2. The van der Waals surface area contributed by atoms with Crippen molar-refractivity contribution in [3.8, 4) is 0 Å². The van der Waals surface area contributed by atoms with Crippen molar-refractivity contribution in [2.45, 2.75) is 30.7 Å². The summed E-state index contributed by atoms with van der Waals surface area (Å²) in [7, 11) is -2.37. The predicted octanol–water partition coefficient (Wildman–Crippen LogP) is 3.65. The second kappa shape index (κ2) is 8.21. The molecule has 0 radical (unpaired) electrons. The molecule has 0 spiro atoms. The molecule has 1 aliphatic carbocycles. The first-order valence-electron chi connectivity index (χ1n) is 10.9. The molecule has 9 nitrogen and oxygen atoms in total. The molecular weight excluding hydrogens is 456 g/mol. The molecule has 0 saturated heterocycles. The van der Waals surface area contributed by atoms with E-state index in [-0.39, 0.29) is 28.6 Å². The van der Waals surface area contributed by atoms with E-state index in [1.165, 1.54) is 29.2 Å². The SMILES string of the molecule is C[C@H]1C[C@H]1c1ccc(CN(C)C(=O)c2ccccc2NS(=O)(=O)c2ccc3[nH]c(=O)[nH]c3c2)o1. The maximum Gasteiger partial charge on any atom is 0.323 e. The minimum Gasteiger partial charge on any atom is -0.464 e. The Hall–Kier alpha value is -3.79. The van der Waals surface area contributed by atoms with Gasteiger partial charge in [0.1, 0.15) is 11.5 Å². The molecular formula is C24H24N4O5S. The Labute approximate surface area is 195 Å². The van der Waals surface area contributed by atoms with Crippen LogP contribution in [-0.4, -0.2) is 36.2 Å². The van der Waals surface area contributed by atoms with Gasteiger partial charge in [-0.1, -0.05) is 19.1 Å². The second-order valence-electron chi connectivity index (χ2n) is 8.72. The van der Waals surface area contributed by atoms with Gasteiger partial charge in [0.2, 0.25) is 0 Å². The number of para-hydroxylation sites is 1. The van der Waals surface area contributed by atoms with E-state index in [2.05, 4.69) is 21.6 Å². The molecule has 0 bridgehead atoms. The summed E-state index contributed by atoms with van der Waals surface area (Å²) < 4.78 is 34.5. The van der Waals surface area contributed by atoms with Crippen molar-refractivity contribution >= 4 is 32.7 Å². The molecule has 34 heavy (non-hydrogen) atoms. The molecule has 0 unspecified atom stereocenters. The van der Waals surface area contributed by atoms with Gasteiger partial charge in [-0.2, -0.15) is 0 Å². The smallest absolute Gasteiger partial charge is 0.323 e. The Bertz CT molecular complexity index is 1550. The first kappa shape index (κ1) is 22.0. The molecule has 0 aliphatic heterocycles. The number of benzene rings is 2. The van der Waals surface area contributed by atoms with E-state index < -0.39 is 15.7 Å². The lowest BCUT2D eigenvalue weighted by Crippen LogP contribution is -2.27. The topological polar surface area (TPSA) is 128 Å². The van der Waals surface area contributed by atoms with Crippen LogP contribution in [0.4, 0.5) is 5.69 Å². The highest BCUT2D eigenvalue weighted by molar-refractivity contribution is 7.92. The normalized spacial score (nSPS) is 17.6. The maximum atomic E-state index is 13.2. The number of carbonyl (C=O) groups is 1. The number of imidazole rings is 1. The first-order valence-corrected chi connectivity index (χ1v) is 12.4. The van der Waals surface area contributed by atoms with Gasteiger partial charge in [-0.05, 0) is 54.8 Å². The molecule has 2 aromatic carbocycles. The third-order valence-corrected chi connectivity index (χ3v) is 7.46. The molecule has 1 aliphatic rings. The van der Waals surface area contributed by atoms with Crippen LogP contribution < -0.4 is 10.4 Å². The van der Waals surface area contributed by atoms with Crippen LogP contribution in [0.15, 0.2) is 68.7 Å². The van der Waals surface area contributed by atoms with Gasteiger partial charge in [-0.15, -0.1) is 0 Å². The van der Waals surface area contributed by atoms with Crippen molar-refractivity contribution in [1.29, 1.82) is 0 Å². The number of aromatic nitrogens is 2. The van der Waals surface area contributed by atoms with Crippen molar-refractivity contribution < 1.29 is 17.6 Å². The van der Waals surface area contributed by atoms with Crippen LogP contribution in [0.2, 0.25) is 0 Å². The Balaban J connectivity index is 1.36. The van der Waals surface area contributed by atoms with Crippen LogP contribution in [0, 0.1) is 5.92 Å². The summed E-state index contributed by atoms with van der Waals surface area (Å²) in [6.45, 7) is 2.44. The number of anilines is 1. The standard InChI is InChI=1S/C24H24N4O5S/c1-14-11-18(14)22-10-7-15(33-22)13-28(2)23(29)17-5-3-4-6-19(17)27-34(31,32)16-8-9-20-21(12-16)26-24(30)25-20/h3-10,12,14,18,27H,11,13H2,1-2H3,(H2,25,26,30)/t14-,18+/m0/s1. The molecule has 1 amide bonds. The van der Waals surface area contributed by atoms with Gasteiger partial charge in [-0.3, -0.25) is 9.52 Å². The van der Waals surface area contributed by atoms with Gasteiger partial charge in [0.15, 0.2) is 0 Å². The van der Waals surface area contributed by atoms with Crippen molar-refractivity contribution in [3.05, 3.63) is 82.2 Å². The van der Waals surface area contributed by atoms with Gasteiger partial charge < -0.3 is 19.3 Å². The lowest BCUT2D eigenvalue weighted by Gasteiger charge is -2.18. The fourth-order valence-corrected chi connectivity index (χ4v) is 5.16. The Morgan fingerprint density at radius 2 is 1.85 bits per heavy atom. The van der Waals surface area contributed by atoms with Gasteiger partial charge in [0.25, 0.3) is 15.9 Å². The van der Waals surface area contributed by atoms with Crippen molar-refractivity contribution in [2.24, 2.45) is 5.92 Å². The average molecular weight is 481 g/mol. The zero-order valence-corrected chi connectivity index (χ0v) is 19.5. The third-order valence-electron chi connectivity index (χ3n) is 6.10. The van der Waals surface area contributed by atoms with E-state index >= 15 is 0 Å². The highest BCUT2D eigenvalue weighted by atomic mass is 32.2. The highest BCUT2D eigenvalue weighted by Crippen LogP contribution is 2.47. The summed E-state index contributed by atoms with van der Waals surface area (Å²) in [5, 5.41) is 0. The van der Waals surface area contributed by atoms with Gasteiger partial charge >= 0.3 is 5.69 Å². The van der Waals surface area contributed by atoms with Gasteiger partial charge in [0.05, 0.1) is 33.7 Å². The van der Waals surface area contributed by atoms with E-state index in [1.807, 2.05) is 12.1 Å². The van der Waals surface area contributed by atoms with Crippen molar-refractivity contribution in [2.75, 3.05) is 11.8 Å². The van der Waals surface area contributed by atoms with E-state index in [1.54, 1.807) is 25.2 Å². The Morgan fingerprint density at radius 3 is 2.62 bits per heavy atom. The number of fused-ring (bicyclic) bond motifs is 1. The highest BCUT2D eigenvalue weighted by Gasteiger charge is 2.36. The van der Waals surface area contributed by atoms with Crippen LogP contribution in [0.5, 0.6) is 0 Å². The van der Waals surface area contributed by atoms with E-state index in [9.17, 15) is 18.0 Å². The molecule has 5 rings (SSSR count). The Morgan fingerprint density at radius 1 is 1.12 bits per heavy atom. The summed E-state index contributed by atoms with van der Waals surface area (Å²) in [4.78, 5) is 31.2. The number of nitrogens with zero attached hydrogens (tertiary/aromatic N) is 1. The Kier molecular flexibility index (Phi) is 5.32. The number of sulfonamides is 1. The van der Waals surface area contributed by atoms with Crippen LogP contribution in [0.1, 0.15) is 41.1 Å². The van der Waals surface area contributed by atoms with Gasteiger partial charge in [0, 0.05) is 13.0 Å². The number of rotatable bonds is 7. The monoisotopic (exact) mass is 480 g/mol. The maximum absolute atomic E-state index is 13.2. The number of aromatic amines is 2. The lowest BCUT2D eigenvalue weighted by molar-refractivity contribution is 0.0776.